The van der Waals surface area contributed by atoms with Crippen molar-refractivity contribution in [3.63, 3.8) is 0 Å². The van der Waals surface area contributed by atoms with Crippen LogP contribution in [0.25, 0.3) is 21.4 Å². The molecule has 29 heavy (non-hydrogen) atoms. The summed E-state index contributed by atoms with van der Waals surface area (Å²) in [6, 6.07) is 16.5. The fourth-order valence-corrected chi connectivity index (χ4v) is 4.30. The number of benzene rings is 2. The van der Waals surface area contributed by atoms with E-state index in [-0.39, 0.29) is 16.9 Å². The van der Waals surface area contributed by atoms with Crippen molar-refractivity contribution in [2.45, 2.75) is 6.61 Å². The lowest BCUT2D eigenvalue weighted by molar-refractivity contribution is 0.0959. The summed E-state index contributed by atoms with van der Waals surface area (Å²) in [5.74, 6) is 0.471. The van der Waals surface area contributed by atoms with Crippen LogP contribution in [0.3, 0.4) is 0 Å². The van der Waals surface area contributed by atoms with Crippen LogP contribution < -0.4 is 15.6 Å². The minimum absolute atomic E-state index is 0.204. The summed E-state index contributed by atoms with van der Waals surface area (Å²) in [4.78, 5) is 26.5. The Balaban J connectivity index is 1.37. The molecule has 6 nitrogen and oxygen atoms in total. The van der Waals surface area contributed by atoms with Crippen molar-refractivity contribution in [1.29, 1.82) is 0 Å². The molecule has 2 aromatic carbocycles. The van der Waals surface area contributed by atoms with E-state index in [0.717, 1.165) is 21.8 Å². The molecule has 0 fully saturated rings. The molecule has 7 heteroatoms. The van der Waals surface area contributed by atoms with Crippen molar-refractivity contribution in [2.24, 2.45) is 5.10 Å². The quantitative estimate of drug-likeness (QED) is 0.412. The predicted octanol–water partition coefficient (Wildman–Crippen LogP) is 4.18. The second-order valence-corrected chi connectivity index (χ2v) is 7.52. The van der Waals surface area contributed by atoms with Gasteiger partial charge in [0.05, 0.1) is 22.0 Å². The van der Waals surface area contributed by atoms with E-state index in [4.69, 9.17) is 9.15 Å². The Morgan fingerprint density at radius 2 is 1.97 bits per heavy atom. The maximum Gasteiger partial charge on any atom is 0.281 e. The van der Waals surface area contributed by atoms with Crippen LogP contribution in [0.1, 0.15) is 20.8 Å². The second-order valence-electron chi connectivity index (χ2n) is 6.47. The predicted molar refractivity (Wildman–Crippen MR) is 112 cm³/mol. The Kier molecular flexibility index (Phi) is 4.22. The Hall–Kier alpha value is -3.71. The first kappa shape index (κ1) is 17.4. The summed E-state index contributed by atoms with van der Waals surface area (Å²) in [7, 11) is 0. The number of hydrazone groups is 1. The highest BCUT2D eigenvalue weighted by Crippen LogP contribution is 2.42. The van der Waals surface area contributed by atoms with Crippen molar-refractivity contribution in [1.82, 2.24) is 5.43 Å². The lowest BCUT2D eigenvalue weighted by atomic mass is 10.1. The SMILES string of the molecule is O=C(N/N=C/c1coc2ccccc2c1=O)c1cc2c(s1)-c1ccccc1OC2. The molecular weight excluding hydrogens is 388 g/mol. The smallest absolute Gasteiger partial charge is 0.281 e. The number of thiophene rings is 1. The fraction of sp³-hybridized carbons (Fsp3) is 0.0455. The number of nitrogens with one attached hydrogen (secondary N) is 1. The molecule has 1 amide bonds. The van der Waals surface area contributed by atoms with Crippen LogP contribution in [-0.4, -0.2) is 12.1 Å². The molecule has 0 spiro atoms. The molecule has 2 aromatic heterocycles. The van der Waals surface area contributed by atoms with E-state index < -0.39 is 0 Å². The summed E-state index contributed by atoms with van der Waals surface area (Å²) < 4.78 is 11.2. The van der Waals surface area contributed by atoms with Crippen molar-refractivity contribution < 1.29 is 13.9 Å². The zero-order valence-corrected chi connectivity index (χ0v) is 15.9. The molecule has 1 N–H and O–H groups in total. The molecule has 4 aromatic rings. The van der Waals surface area contributed by atoms with E-state index in [1.54, 1.807) is 24.3 Å². The van der Waals surface area contributed by atoms with Gasteiger partial charge >= 0.3 is 0 Å². The van der Waals surface area contributed by atoms with Crippen LogP contribution in [0.2, 0.25) is 0 Å². The highest BCUT2D eigenvalue weighted by molar-refractivity contribution is 7.17. The van der Waals surface area contributed by atoms with Gasteiger partial charge in [-0.2, -0.15) is 5.10 Å². The molecule has 0 atom stereocenters. The lowest BCUT2D eigenvalue weighted by Crippen LogP contribution is -2.17. The van der Waals surface area contributed by atoms with Gasteiger partial charge in [0.2, 0.25) is 5.43 Å². The molecule has 1 aliphatic heterocycles. The van der Waals surface area contributed by atoms with Gasteiger partial charge < -0.3 is 9.15 Å². The Bertz CT molecular complexity index is 1340. The number of fused-ring (bicyclic) bond motifs is 4. The van der Waals surface area contributed by atoms with Crippen molar-refractivity contribution >= 4 is 34.4 Å². The average molecular weight is 402 g/mol. The van der Waals surface area contributed by atoms with Crippen LogP contribution >= 0.6 is 11.3 Å². The normalized spacial score (nSPS) is 12.4. The number of carbonyl (C=O) groups excluding carboxylic acids is 1. The summed E-state index contributed by atoms with van der Waals surface area (Å²) in [5.41, 5.74) is 4.99. The number of para-hydroxylation sites is 2. The first-order chi connectivity index (χ1) is 14.2. The van der Waals surface area contributed by atoms with Gasteiger partial charge in [0.15, 0.2) is 0 Å². The average Bonchev–Trinajstić information content (AvgIpc) is 3.20. The molecule has 0 saturated heterocycles. The monoisotopic (exact) mass is 402 g/mol. The maximum atomic E-state index is 12.5. The third-order valence-corrected chi connectivity index (χ3v) is 5.83. The van der Waals surface area contributed by atoms with Gasteiger partial charge in [0.25, 0.3) is 5.91 Å². The van der Waals surface area contributed by atoms with E-state index in [1.165, 1.54) is 23.8 Å². The third kappa shape index (κ3) is 3.11. The van der Waals surface area contributed by atoms with Crippen LogP contribution in [0.4, 0.5) is 0 Å². The zero-order valence-electron chi connectivity index (χ0n) is 15.0. The molecule has 0 saturated carbocycles. The van der Waals surface area contributed by atoms with Gasteiger partial charge in [-0.25, -0.2) is 5.43 Å². The van der Waals surface area contributed by atoms with Crippen molar-refractivity contribution in [3.05, 3.63) is 87.1 Å². The summed E-state index contributed by atoms with van der Waals surface area (Å²) >= 11 is 1.39. The second kappa shape index (κ2) is 7.03. The topological polar surface area (TPSA) is 80.9 Å². The first-order valence-electron chi connectivity index (χ1n) is 8.89. The molecule has 0 aliphatic carbocycles. The van der Waals surface area contributed by atoms with E-state index in [2.05, 4.69) is 10.5 Å². The summed E-state index contributed by atoms with van der Waals surface area (Å²) in [6.45, 7) is 0.428. The van der Waals surface area contributed by atoms with Gasteiger partial charge in [-0.3, -0.25) is 9.59 Å². The van der Waals surface area contributed by atoms with Crippen LogP contribution in [0.5, 0.6) is 5.75 Å². The molecule has 0 unspecified atom stereocenters. The number of hydrogen-bond donors (Lipinski definition) is 1. The third-order valence-electron chi connectivity index (χ3n) is 4.62. The van der Waals surface area contributed by atoms with E-state index in [0.29, 0.717) is 22.5 Å². The van der Waals surface area contributed by atoms with Gasteiger partial charge in [-0.15, -0.1) is 11.3 Å². The highest BCUT2D eigenvalue weighted by atomic mass is 32.1. The first-order valence-corrected chi connectivity index (χ1v) is 9.71. The van der Waals surface area contributed by atoms with Crippen molar-refractivity contribution in [3.8, 4) is 16.2 Å². The minimum Gasteiger partial charge on any atom is -0.488 e. The molecule has 5 rings (SSSR count). The van der Waals surface area contributed by atoms with Gasteiger partial charge in [0, 0.05) is 16.0 Å². The molecule has 3 heterocycles. The van der Waals surface area contributed by atoms with E-state index in [9.17, 15) is 9.59 Å². The molecule has 1 aliphatic rings. The largest absolute Gasteiger partial charge is 0.488 e. The Morgan fingerprint density at radius 3 is 2.90 bits per heavy atom. The number of ether oxygens (including phenoxy) is 1. The molecule has 0 bridgehead atoms. The Morgan fingerprint density at radius 1 is 1.14 bits per heavy atom. The summed E-state index contributed by atoms with van der Waals surface area (Å²) in [6.07, 6.45) is 2.63. The number of nitrogens with zero attached hydrogens (tertiary/aromatic N) is 1. The van der Waals surface area contributed by atoms with Gasteiger partial charge in [-0.1, -0.05) is 24.3 Å². The molecule has 0 radical (unpaired) electrons. The van der Waals surface area contributed by atoms with Crippen molar-refractivity contribution in [2.75, 3.05) is 0 Å². The number of rotatable bonds is 3. The fourth-order valence-electron chi connectivity index (χ4n) is 3.21. The van der Waals surface area contributed by atoms with Crippen LogP contribution in [-0.2, 0) is 6.61 Å². The number of hydrogen-bond acceptors (Lipinski definition) is 6. The Labute approximate surface area is 169 Å². The van der Waals surface area contributed by atoms with Crippen LogP contribution in [0.15, 0.2) is 75.2 Å². The standard InChI is InChI=1S/C22H14N2O4S/c25-20-14(12-28-17-7-3-1-5-15(17)20)10-23-24-22(26)19-9-13-11-27-18-8-4-2-6-16(18)21(13)29-19/h1-10,12H,11H2,(H,24,26)/b23-10+. The number of carbonyl (C=O) groups is 1. The number of amides is 1. The van der Waals surface area contributed by atoms with Crippen LogP contribution in [0, 0.1) is 0 Å². The van der Waals surface area contributed by atoms with E-state index in [1.807, 2.05) is 30.3 Å². The highest BCUT2D eigenvalue weighted by Gasteiger charge is 2.22. The van der Waals surface area contributed by atoms with Gasteiger partial charge in [0.1, 0.15) is 24.2 Å². The van der Waals surface area contributed by atoms with E-state index >= 15 is 0 Å². The zero-order chi connectivity index (χ0) is 19.8. The molecule has 142 valence electrons. The summed E-state index contributed by atoms with van der Waals surface area (Å²) in [5, 5.41) is 4.39. The lowest BCUT2D eigenvalue weighted by Gasteiger charge is -2.16. The van der Waals surface area contributed by atoms with Gasteiger partial charge in [-0.05, 0) is 30.3 Å². The molecular formula is C22H14N2O4S. The minimum atomic E-state index is -0.344. The maximum absolute atomic E-state index is 12.5.